The molecule has 112 valence electrons. The normalized spacial score (nSPS) is 11.3. The van der Waals surface area contributed by atoms with Crippen LogP contribution in [0.1, 0.15) is 5.56 Å². The maximum Gasteiger partial charge on any atom is 0.261 e. The van der Waals surface area contributed by atoms with E-state index in [0.717, 1.165) is 18.5 Å². The van der Waals surface area contributed by atoms with Gasteiger partial charge < -0.3 is 5.32 Å². The van der Waals surface area contributed by atoms with Crippen LogP contribution in [0.15, 0.2) is 53.4 Å². The Morgan fingerprint density at radius 1 is 1.00 bits per heavy atom. The predicted octanol–water partition coefficient (Wildman–Crippen LogP) is 2.90. The van der Waals surface area contributed by atoms with Gasteiger partial charge in [0.25, 0.3) is 10.0 Å². The van der Waals surface area contributed by atoms with Crippen LogP contribution in [0.4, 0.5) is 5.69 Å². The van der Waals surface area contributed by atoms with Gasteiger partial charge in [-0.1, -0.05) is 23.7 Å². The lowest BCUT2D eigenvalue weighted by Crippen LogP contribution is -2.13. The maximum absolute atomic E-state index is 12.3. The highest BCUT2D eigenvalue weighted by Gasteiger charge is 2.13. The molecule has 0 fully saturated rings. The quantitative estimate of drug-likeness (QED) is 0.859. The van der Waals surface area contributed by atoms with Crippen molar-refractivity contribution in [2.24, 2.45) is 0 Å². The van der Waals surface area contributed by atoms with Crippen LogP contribution in [-0.2, 0) is 16.4 Å². The fraction of sp³-hybridized carbons (Fsp3) is 0.200. The van der Waals surface area contributed by atoms with Gasteiger partial charge in [0, 0.05) is 10.7 Å². The van der Waals surface area contributed by atoms with Crippen LogP contribution in [-0.4, -0.2) is 22.0 Å². The number of nitrogens with one attached hydrogen (secondary N) is 2. The molecule has 0 aliphatic rings. The van der Waals surface area contributed by atoms with Crippen molar-refractivity contribution in [2.75, 3.05) is 18.3 Å². The Hall–Kier alpha value is -1.56. The monoisotopic (exact) mass is 324 g/mol. The molecular weight excluding hydrogens is 308 g/mol. The molecule has 0 heterocycles. The summed E-state index contributed by atoms with van der Waals surface area (Å²) in [6.07, 6.45) is 0.863. The molecule has 0 unspecified atom stereocenters. The number of likely N-dealkylation sites (N-methyl/N-ethyl adjacent to an activating group) is 1. The van der Waals surface area contributed by atoms with E-state index in [1.54, 1.807) is 36.4 Å². The van der Waals surface area contributed by atoms with Gasteiger partial charge in [0.1, 0.15) is 0 Å². The number of hydrogen-bond acceptors (Lipinski definition) is 3. The molecule has 2 aromatic carbocycles. The number of hydrogen-bond donors (Lipinski definition) is 2. The van der Waals surface area contributed by atoms with Crippen molar-refractivity contribution < 1.29 is 8.42 Å². The summed E-state index contributed by atoms with van der Waals surface area (Å²) < 4.78 is 27.0. The SMILES string of the molecule is CNCCc1ccc(S(=O)(=O)Nc2ccc(Cl)cc2)cc1. The zero-order valence-corrected chi connectivity index (χ0v) is 13.2. The predicted molar refractivity (Wildman–Crippen MR) is 86.3 cm³/mol. The molecule has 0 aliphatic carbocycles. The fourth-order valence-electron chi connectivity index (χ4n) is 1.84. The lowest BCUT2D eigenvalue weighted by molar-refractivity contribution is 0.601. The molecule has 0 spiro atoms. The molecule has 4 nitrogen and oxygen atoms in total. The van der Waals surface area contributed by atoms with E-state index < -0.39 is 10.0 Å². The summed E-state index contributed by atoms with van der Waals surface area (Å²) in [6, 6.07) is 13.4. The van der Waals surface area contributed by atoms with Crippen molar-refractivity contribution in [3.63, 3.8) is 0 Å². The first kappa shape index (κ1) is 15.8. The van der Waals surface area contributed by atoms with E-state index >= 15 is 0 Å². The molecule has 0 aromatic heterocycles. The molecule has 0 bridgehead atoms. The Bertz CT molecular complexity index is 683. The van der Waals surface area contributed by atoms with E-state index in [1.807, 2.05) is 19.2 Å². The molecule has 0 atom stereocenters. The van der Waals surface area contributed by atoms with Crippen molar-refractivity contribution in [2.45, 2.75) is 11.3 Å². The van der Waals surface area contributed by atoms with Gasteiger partial charge in [-0.05, 0) is 62.0 Å². The zero-order valence-electron chi connectivity index (χ0n) is 11.6. The third kappa shape index (κ3) is 4.46. The average Bonchev–Trinajstić information content (AvgIpc) is 2.48. The molecule has 0 amide bonds. The Morgan fingerprint density at radius 2 is 1.62 bits per heavy atom. The van der Waals surface area contributed by atoms with Crippen molar-refractivity contribution >= 4 is 27.3 Å². The summed E-state index contributed by atoms with van der Waals surface area (Å²) in [7, 11) is -1.69. The molecule has 6 heteroatoms. The van der Waals surface area contributed by atoms with Crippen molar-refractivity contribution in [3.8, 4) is 0 Å². The minimum Gasteiger partial charge on any atom is -0.319 e. The largest absolute Gasteiger partial charge is 0.319 e. The average molecular weight is 325 g/mol. The first-order valence-electron chi connectivity index (χ1n) is 6.53. The second kappa shape index (κ2) is 6.93. The third-order valence-electron chi connectivity index (χ3n) is 2.99. The van der Waals surface area contributed by atoms with E-state index in [1.165, 1.54) is 0 Å². The molecule has 2 aromatic rings. The lowest BCUT2D eigenvalue weighted by atomic mass is 10.1. The van der Waals surface area contributed by atoms with Crippen LogP contribution in [0, 0.1) is 0 Å². The topological polar surface area (TPSA) is 58.2 Å². The highest BCUT2D eigenvalue weighted by molar-refractivity contribution is 7.92. The number of halogens is 1. The summed E-state index contributed by atoms with van der Waals surface area (Å²) in [5.41, 5.74) is 1.58. The number of rotatable bonds is 6. The van der Waals surface area contributed by atoms with Gasteiger partial charge in [-0.2, -0.15) is 0 Å². The lowest BCUT2D eigenvalue weighted by Gasteiger charge is -2.09. The van der Waals surface area contributed by atoms with E-state index in [0.29, 0.717) is 10.7 Å². The molecule has 2 rings (SSSR count). The summed E-state index contributed by atoms with van der Waals surface area (Å²) in [5.74, 6) is 0. The second-order valence-corrected chi connectivity index (χ2v) is 6.73. The molecule has 0 aliphatic heterocycles. The van der Waals surface area contributed by atoms with Crippen LogP contribution < -0.4 is 10.0 Å². The van der Waals surface area contributed by atoms with Crippen LogP contribution in [0.5, 0.6) is 0 Å². The van der Waals surface area contributed by atoms with Gasteiger partial charge in [0.05, 0.1) is 4.90 Å². The van der Waals surface area contributed by atoms with Gasteiger partial charge in [-0.3, -0.25) is 4.72 Å². The maximum atomic E-state index is 12.3. The zero-order chi connectivity index (χ0) is 15.3. The Labute approximate surface area is 130 Å². The molecular formula is C15H17ClN2O2S. The first-order chi connectivity index (χ1) is 10.0. The minimum atomic E-state index is -3.57. The fourth-order valence-corrected chi connectivity index (χ4v) is 3.02. The van der Waals surface area contributed by atoms with Crippen LogP contribution in [0.3, 0.4) is 0 Å². The van der Waals surface area contributed by atoms with E-state index in [2.05, 4.69) is 10.0 Å². The number of benzene rings is 2. The van der Waals surface area contributed by atoms with Crippen molar-refractivity contribution in [1.82, 2.24) is 5.32 Å². The molecule has 0 saturated carbocycles. The first-order valence-corrected chi connectivity index (χ1v) is 8.39. The van der Waals surface area contributed by atoms with Crippen molar-refractivity contribution in [3.05, 3.63) is 59.1 Å². The standard InChI is InChI=1S/C15H17ClN2O2S/c1-17-11-10-12-2-8-15(9-3-12)21(19,20)18-14-6-4-13(16)5-7-14/h2-9,17-18H,10-11H2,1H3. The van der Waals surface area contributed by atoms with Crippen molar-refractivity contribution in [1.29, 1.82) is 0 Å². The van der Waals surface area contributed by atoms with Gasteiger partial charge >= 0.3 is 0 Å². The van der Waals surface area contributed by atoms with Crippen LogP contribution in [0.25, 0.3) is 0 Å². The summed E-state index contributed by atoms with van der Waals surface area (Å²) in [4.78, 5) is 0.241. The van der Waals surface area contributed by atoms with Gasteiger partial charge in [0.15, 0.2) is 0 Å². The van der Waals surface area contributed by atoms with Crippen LogP contribution >= 0.6 is 11.6 Å². The summed E-state index contributed by atoms with van der Waals surface area (Å²) in [6.45, 7) is 0.856. The van der Waals surface area contributed by atoms with Gasteiger partial charge in [0.2, 0.25) is 0 Å². The molecule has 0 saturated heterocycles. The Kier molecular flexibility index (Phi) is 5.22. The number of anilines is 1. The highest BCUT2D eigenvalue weighted by atomic mass is 35.5. The van der Waals surface area contributed by atoms with Gasteiger partial charge in [-0.25, -0.2) is 8.42 Å². The minimum absolute atomic E-state index is 0.241. The van der Waals surface area contributed by atoms with E-state index in [-0.39, 0.29) is 4.90 Å². The third-order valence-corrected chi connectivity index (χ3v) is 4.64. The molecule has 0 radical (unpaired) electrons. The number of sulfonamides is 1. The smallest absolute Gasteiger partial charge is 0.261 e. The Balaban J connectivity index is 2.13. The van der Waals surface area contributed by atoms with E-state index in [9.17, 15) is 8.42 Å². The molecule has 2 N–H and O–H groups in total. The second-order valence-electron chi connectivity index (χ2n) is 4.61. The summed E-state index contributed by atoms with van der Waals surface area (Å²) >= 11 is 5.78. The molecule has 21 heavy (non-hydrogen) atoms. The van der Waals surface area contributed by atoms with Gasteiger partial charge in [-0.15, -0.1) is 0 Å². The Morgan fingerprint density at radius 3 is 2.19 bits per heavy atom. The summed E-state index contributed by atoms with van der Waals surface area (Å²) in [5, 5.41) is 3.62. The van der Waals surface area contributed by atoms with E-state index in [4.69, 9.17) is 11.6 Å². The van der Waals surface area contributed by atoms with Crippen LogP contribution in [0.2, 0.25) is 5.02 Å². The highest BCUT2D eigenvalue weighted by Crippen LogP contribution is 2.18.